The third-order valence-electron chi connectivity index (χ3n) is 2.71. The van der Waals surface area contributed by atoms with Crippen LogP contribution in [0.25, 0.3) is 0 Å². The molecule has 0 spiro atoms. The Balaban J connectivity index is 2.69. The smallest absolute Gasteiger partial charge is 0.131 e. The largest absolute Gasteiger partial charge is 0.383 e. The molecule has 4 nitrogen and oxygen atoms in total. The molecule has 0 bridgehead atoms. The molecule has 0 atom stereocenters. The van der Waals surface area contributed by atoms with Crippen molar-refractivity contribution in [1.29, 1.82) is 0 Å². The number of aromatic nitrogens is 2. The van der Waals surface area contributed by atoms with Crippen molar-refractivity contribution < 1.29 is 4.74 Å². The van der Waals surface area contributed by atoms with Crippen LogP contribution in [0.2, 0.25) is 5.15 Å². The maximum Gasteiger partial charge on any atom is 0.131 e. The van der Waals surface area contributed by atoms with Crippen molar-refractivity contribution >= 4 is 11.6 Å². The molecule has 0 aliphatic carbocycles. The molecule has 1 rings (SSSR count). The Labute approximate surface area is 102 Å². The number of likely N-dealkylation sites (N-methyl/N-ethyl adjacent to an activating group) is 1. The molecule has 0 radical (unpaired) electrons. The normalized spacial score (nSPS) is 11.4. The van der Waals surface area contributed by atoms with E-state index in [1.54, 1.807) is 11.8 Å². The van der Waals surface area contributed by atoms with E-state index in [4.69, 9.17) is 16.3 Å². The van der Waals surface area contributed by atoms with Crippen LogP contribution in [-0.2, 0) is 18.3 Å². The first-order chi connectivity index (χ1) is 7.60. The van der Waals surface area contributed by atoms with Crippen LogP contribution in [0, 0.1) is 6.92 Å². The van der Waals surface area contributed by atoms with E-state index in [0.717, 1.165) is 42.7 Å². The van der Waals surface area contributed by atoms with Gasteiger partial charge >= 0.3 is 0 Å². The summed E-state index contributed by atoms with van der Waals surface area (Å²) in [5.41, 5.74) is 2.12. The highest BCUT2D eigenvalue weighted by Gasteiger charge is 2.14. The Kier molecular flexibility index (Phi) is 5.25. The van der Waals surface area contributed by atoms with E-state index < -0.39 is 0 Å². The Morgan fingerprint density at radius 3 is 2.62 bits per heavy atom. The SMILES string of the molecule is CCN(CCOC)Cc1c(C)nn(C)c1Cl. The quantitative estimate of drug-likeness (QED) is 0.766. The Morgan fingerprint density at radius 1 is 1.50 bits per heavy atom. The second kappa shape index (κ2) is 6.23. The highest BCUT2D eigenvalue weighted by molar-refractivity contribution is 6.30. The minimum atomic E-state index is 0.730. The molecule has 1 aromatic rings. The molecule has 0 aliphatic rings. The van der Waals surface area contributed by atoms with Crippen molar-refractivity contribution in [3.05, 3.63) is 16.4 Å². The number of methoxy groups -OCH3 is 1. The van der Waals surface area contributed by atoms with Gasteiger partial charge in [-0.15, -0.1) is 0 Å². The van der Waals surface area contributed by atoms with Crippen molar-refractivity contribution in [2.24, 2.45) is 7.05 Å². The summed E-state index contributed by atoms with van der Waals surface area (Å²) in [4.78, 5) is 2.29. The van der Waals surface area contributed by atoms with Gasteiger partial charge in [0.2, 0.25) is 0 Å². The fraction of sp³-hybridized carbons (Fsp3) is 0.727. The van der Waals surface area contributed by atoms with Gasteiger partial charge in [-0.25, -0.2) is 0 Å². The van der Waals surface area contributed by atoms with Crippen molar-refractivity contribution in [1.82, 2.24) is 14.7 Å². The third-order valence-corrected chi connectivity index (χ3v) is 3.18. The average Bonchev–Trinajstić information content (AvgIpc) is 2.50. The van der Waals surface area contributed by atoms with Gasteiger partial charge in [0.1, 0.15) is 5.15 Å². The highest BCUT2D eigenvalue weighted by Crippen LogP contribution is 2.20. The van der Waals surface area contributed by atoms with Crippen LogP contribution in [0.1, 0.15) is 18.2 Å². The van der Waals surface area contributed by atoms with Gasteiger partial charge in [0.05, 0.1) is 12.3 Å². The molecule has 0 amide bonds. The lowest BCUT2D eigenvalue weighted by atomic mass is 10.2. The number of halogens is 1. The molecule has 1 heterocycles. The van der Waals surface area contributed by atoms with Crippen LogP contribution < -0.4 is 0 Å². The van der Waals surface area contributed by atoms with Crippen LogP contribution in [-0.4, -0.2) is 41.5 Å². The minimum Gasteiger partial charge on any atom is -0.383 e. The summed E-state index contributed by atoms with van der Waals surface area (Å²) in [5, 5.41) is 5.04. The van der Waals surface area contributed by atoms with Gasteiger partial charge in [-0.05, 0) is 13.5 Å². The summed E-state index contributed by atoms with van der Waals surface area (Å²) in [7, 11) is 3.58. The topological polar surface area (TPSA) is 30.3 Å². The van der Waals surface area contributed by atoms with Crippen molar-refractivity contribution in [2.75, 3.05) is 26.8 Å². The monoisotopic (exact) mass is 245 g/mol. The molecule has 0 unspecified atom stereocenters. The molecule has 0 saturated heterocycles. The first kappa shape index (κ1) is 13.5. The van der Waals surface area contributed by atoms with E-state index >= 15 is 0 Å². The number of hydrogen-bond donors (Lipinski definition) is 0. The lowest BCUT2D eigenvalue weighted by molar-refractivity contribution is 0.147. The van der Waals surface area contributed by atoms with Crippen LogP contribution in [0.3, 0.4) is 0 Å². The van der Waals surface area contributed by atoms with Crippen molar-refractivity contribution in [3.63, 3.8) is 0 Å². The summed E-state index contributed by atoms with van der Waals surface area (Å²) >= 11 is 6.19. The Bertz CT molecular complexity index is 338. The molecular weight excluding hydrogens is 226 g/mol. The molecule has 0 saturated carbocycles. The van der Waals surface area contributed by atoms with Crippen LogP contribution in [0.4, 0.5) is 0 Å². The zero-order chi connectivity index (χ0) is 12.1. The lowest BCUT2D eigenvalue weighted by Crippen LogP contribution is -2.27. The Morgan fingerprint density at radius 2 is 2.19 bits per heavy atom. The van der Waals surface area contributed by atoms with E-state index in [2.05, 4.69) is 16.9 Å². The average molecular weight is 246 g/mol. The van der Waals surface area contributed by atoms with E-state index in [1.807, 2.05) is 14.0 Å². The van der Waals surface area contributed by atoms with E-state index in [1.165, 1.54) is 0 Å². The lowest BCUT2D eigenvalue weighted by Gasteiger charge is -2.19. The highest BCUT2D eigenvalue weighted by atomic mass is 35.5. The minimum absolute atomic E-state index is 0.730. The summed E-state index contributed by atoms with van der Waals surface area (Å²) in [5.74, 6) is 0. The fourth-order valence-corrected chi connectivity index (χ4v) is 1.88. The molecule has 0 aliphatic heterocycles. The molecule has 1 aromatic heterocycles. The van der Waals surface area contributed by atoms with Crippen LogP contribution >= 0.6 is 11.6 Å². The second-order valence-corrected chi connectivity index (χ2v) is 4.20. The predicted molar refractivity (Wildman–Crippen MR) is 65.8 cm³/mol. The Hall–Kier alpha value is -0.580. The van der Waals surface area contributed by atoms with Gasteiger partial charge in [-0.3, -0.25) is 9.58 Å². The second-order valence-electron chi connectivity index (χ2n) is 3.84. The summed E-state index contributed by atoms with van der Waals surface area (Å²) in [6, 6.07) is 0. The van der Waals surface area contributed by atoms with Gasteiger partial charge in [-0.2, -0.15) is 5.10 Å². The molecular formula is C11H20ClN3O. The van der Waals surface area contributed by atoms with Crippen molar-refractivity contribution in [2.45, 2.75) is 20.4 Å². The molecule has 0 aromatic carbocycles. The van der Waals surface area contributed by atoms with E-state index in [9.17, 15) is 0 Å². The number of ether oxygens (including phenoxy) is 1. The van der Waals surface area contributed by atoms with Gasteiger partial charge in [0.25, 0.3) is 0 Å². The zero-order valence-electron chi connectivity index (χ0n) is 10.5. The maximum absolute atomic E-state index is 6.19. The number of nitrogens with zero attached hydrogens (tertiary/aromatic N) is 3. The van der Waals surface area contributed by atoms with Gasteiger partial charge < -0.3 is 4.74 Å². The maximum atomic E-state index is 6.19. The van der Waals surface area contributed by atoms with Gasteiger partial charge in [0, 0.05) is 32.8 Å². The molecule has 0 N–H and O–H groups in total. The first-order valence-corrected chi connectivity index (χ1v) is 5.87. The molecule has 92 valence electrons. The van der Waals surface area contributed by atoms with Gasteiger partial charge in [0.15, 0.2) is 0 Å². The molecule has 5 heteroatoms. The first-order valence-electron chi connectivity index (χ1n) is 5.49. The van der Waals surface area contributed by atoms with Gasteiger partial charge in [-0.1, -0.05) is 18.5 Å². The number of aryl methyl sites for hydroxylation is 2. The van der Waals surface area contributed by atoms with Crippen molar-refractivity contribution in [3.8, 4) is 0 Å². The number of rotatable bonds is 6. The molecule has 0 fully saturated rings. The summed E-state index contributed by atoms with van der Waals surface area (Å²) in [6.07, 6.45) is 0. The predicted octanol–water partition coefficient (Wildman–Crippen LogP) is 1.85. The molecule has 16 heavy (non-hydrogen) atoms. The zero-order valence-corrected chi connectivity index (χ0v) is 11.2. The fourth-order valence-electron chi connectivity index (χ4n) is 1.65. The summed E-state index contributed by atoms with van der Waals surface area (Å²) in [6.45, 7) is 7.59. The number of hydrogen-bond acceptors (Lipinski definition) is 3. The van der Waals surface area contributed by atoms with Crippen LogP contribution in [0.15, 0.2) is 0 Å². The third kappa shape index (κ3) is 3.20. The summed E-state index contributed by atoms with van der Waals surface area (Å²) < 4.78 is 6.80. The van der Waals surface area contributed by atoms with E-state index in [0.29, 0.717) is 0 Å². The van der Waals surface area contributed by atoms with E-state index in [-0.39, 0.29) is 0 Å². The van der Waals surface area contributed by atoms with Crippen LogP contribution in [0.5, 0.6) is 0 Å². The standard InChI is InChI=1S/C11H20ClN3O/c1-5-15(6-7-16-4)8-10-9(2)13-14(3)11(10)12/h5-8H2,1-4H3.